The van der Waals surface area contributed by atoms with Crippen molar-refractivity contribution in [3.8, 4) is 5.75 Å². The molecule has 1 aromatic heterocycles. The average Bonchev–Trinajstić information content (AvgIpc) is 2.58. The quantitative estimate of drug-likeness (QED) is 0.485. The summed E-state index contributed by atoms with van der Waals surface area (Å²) in [5.41, 5.74) is 9.64. The average molecular weight is 313 g/mol. The Labute approximate surface area is 135 Å². The van der Waals surface area contributed by atoms with E-state index in [4.69, 9.17) is 4.74 Å². The number of anilines is 2. The van der Waals surface area contributed by atoms with Gasteiger partial charge in [0.05, 0.1) is 25.6 Å². The number of carbonyl (C=O) groups excluding carboxylic acids is 1. The summed E-state index contributed by atoms with van der Waals surface area (Å²) >= 11 is 0. The molecule has 6 nitrogen and oxygen atoms in total. The molecular weight excluding hydrogens is 294 g/mol. The number of aromatic nitrogens is 1. The second kappa shape index (κ2) is 7.84. The largest absolute Gasteiger partial charge is 0.495 e. The molecule has 1 aromatic carbocycles. The molecule has 0 saturated carbocycles. The Morgan fingerprint density at radius 3 is 2.70 bits per heavy atom. The van der Waals surface area contributed by atoms with Crippen molar-refractivity contribution in [1.82, 2.24) is 4.98 Å². The molecule has 0 saturated heterocycles. The van der Waals surface area contributed by atoms with Crippen molar-refractivity contribution in [2.75, 3.05) is 25.1 Å². The normalized spacial score (nSPS) is 10.4. The third-order valence-corrected chi connectivity index (χ3v) is 3.14. The minimum absolute atomic E-state index is 0.423. The fourth-order valence-electron chi connectivity index (χ4n) is 1.93. The number of esters is 1. The van der Waals surface area contributed by atoms with Crippen molar-refractivity contribution in [1.29, 1.82) is 0 Å². The van der Waals surface area contributed by atoms with Crippen LogP contribution in [0.2, 0.25) is 0 Å². The van der Waals surface area contributed by atoms with Gasteiger partial charge in [0.15, 0.2) is 0 Å². The summed E-state index contributed by atoms with van der Waals surface area (Å²) in [7, 11) is 2.95. The Morgan fingerprint density at radius 1 is 1.17 bits per heavy atom. The van der Waals surface area contributed by atoms with E-state index in [2.05, 4.69) is 20.6 Å². The van der Waals surface area contributed by atoms with Crippen LogP contribution in [0, 0.1) is 6.92 Å². The summed E-state index contributed by atoms with van der Waals surface area (Å²) in [6.45, 7) is 2.00. The number of aryl methyl sites for hydroxylation is 1. The molecule has 0 spiro atoms. The Bertz CT molecular complexity index is 714. The summed E-state index contributed by atoms with van der Waals surface area (Å²) in [5, 5.41) is 0. The molecule has 0 atom stereocenters. The molecule has 23 heavy (non-hydrogen) atoms. The first-order valence-electron chi connectivity index (χ1n) is 7.00. The van der Waals surface area contributed by atoms with Gasteiger partial charge < -0.3 is 14.9 Å². The highest BCUT2D eigenvalue weighted by Gasteiger charge is 2.04. The Morgan fingerprint density at radius 2 is 1.96 bits per heavy atom. The molecule has 0 aliphatic carbocycles. The number of hydrogen-bond acceptors (Lipinski definition) is 6. The second-order valence-corrected chi connectivity index (χ2v) is 4.77. The minimum atomic E-state index is -0.423. The van der Waals surface area contributed by atoms with Gasteiger partial charge in [0.2, 0.25) is 0 Å². The Kier molecular flexibility index (Phi) is 5.57. The van der Waals surface area contributed by atoms with E-state index in [1.165, 1.54) is 13.2 Å². The molecule has 1 heterocycles. The molecule has 2 rings (SSSR count). The maximum atomic E-state index is 11.2. The molecule has 6 heteroatoms. The van der Waals surface area contributed by atoms with E-state index < -0.39 is 5.97 Å². The van der Waals surface area contributed by atoms with Crippen LogP contribution in [0.25, 0.3) is 6.08 Å². The third kappa shape index (κ3) is 4.47. The van der Waals surface area contributed by atoms with Gasteiger partial charge in [-0.2, -0.15) is 0 Å². The summed E-state index contributed by atoms with van der Waals surface area (Å²) in [4.78, 5) is 15.3. The Hall–Kier alpha value is -3.02. The highest BCUT2D eigenvalue weighted by atomic mass is 16.5. The predicted octanol–water partition coefficient (Wildman–Crippen LogP) is 3.02. The second-order valence-electron chi connectivity index (χ2n) is 4.77. The lowest BCUT2D eigenvalue weighted by Crippen LogP contribution is -2.11. The smallest absolute Gasteiger partial charge is 0.330 e. The van der Waals surface area contributed by atoms with E-state index in [1.807, 2.05) is 25.1 Å². The van der Waals surface area contributed by atoms with Crippen LogP contribution in [0.15, 0.2) is 42.7 Å². The SMILES string of the molecule is COC(=O)/C=C/c1cnccc1NNc1cc(C)ccc1OC. The van der Waals surface area contributed by atoms with Crippen molar-refractivity contribution < 1.29 is 14.3 Å². The van der Waals surface area contributed by atoms with Crippen LogP contribution < -0.4 is 15.6 Å². The molecule has 0 fully saturated rings. The van der Waals surface area contributed by atoms with Crippen molar-refractivity contribution in [3.63, 3.8) is 0 Å². The number of benzene rings is 1. The van der Waals surface area contributed by atoms with Gasteiger partial charge in [-0.15, -0.1) is 0 Å². The van der Waals surface area contributed by atoms with E-state index in [0.29, 0.717) is 0 Å². The van der Waals surface area contributed by atoms with E-state index in [9.17, 15) is 4.79 Å². The number of ether oxygens (including phenoxy) is 2. The zero-order valence-electron chi connectivity index (χ0n) is 13.3. The first-order chi connectivity index (χ1) is 11.1. The lowest BCUT2D eigenvalue weighted by molar-refractivity contribution is -0.134. The number of pyridine rings is 1. The fourth-order valence-corrected chi connectivity index (χ4v) is 1.93. The van der Waals surface area contributed by atoms with E-state index >= 15 is 0 Å². The molecule has 0 bridgehead atoms. The molecule has 0 aliphatic rings. The van der Waals surface area contributed by atoms with Crippen LogP contribution in [0.5, 0.6) is 5.75 Å². The summed E-state index contributed by atoms with van der Waals surface area (Å²) in [6.07, 6.45) is 6.29. The first-order valence-corrected chi connectivity index (χ1v) is 7.00. The summed E-state index contributed by atoms with van der Waals surface area (Å²) in [5.74, 6) is 0.303. The summed E-state index contributed by atoms with van der Waals surface area (Å²) in [6, 6.07) is 7.63. The van der Waals surface area contributed by atoms with Gasteiger partial charge in [-0.05, 0) is 36.8 Å². The molecule has 2 aromatic rings. The maximum absolute atomic E-state index is 11.2. The monoisotopic (exact) mass is 313 g/mol. The maximum Gasteiger partial charge on any atom is 0.330 e. The van der Waals surface area contributed by atoms with E-state index in [1.54, 1.807) is 31.6 Å². The fraction of sp³-hybridized carbons (Fsp3) is 0.176. The van der Waals surface area contributed by atoms with Crippen LogP contribution in [-0.4, -0.2) is 25.2 Å². The van der Waals surface area contributed by atoms with Crippen molar-refractivity contribution in [3.05, 3.63) is 53.9 Å². The van der Waals surface area contributed by atoms with Gasteiger partial charge in [0.1, 0.15) is 5.75 Å². The zero-order valence-corrected chi connectivity index (χ0v) is 13.3. The molecule has 0 amide bonds. The minimum Gasteiger partial charge on any atom is -0.495 e. The Balaban J connectivity index is 2.17. The van der Waals surface area contributed by atoms with Gasteiger partial charge in [-0.25, -0.2) is 4.79 Å². The molecule has 0 unspecified atom stereocenters. The lowest BCUT2D eigenvalue weighted by Gasteiger charge is -2.15. The van der Waals surface area contributed by atoms with Crippen LogP contribution in [0.1, 0.15) is 11.1 Å². The van der Waals surface area contributed by atoms with Crippen LogP contribution in [0.4, 0.5) is 11.4 Å². The standard InChI is InChI=1S/C17H19N3O3/c1-12-4-6-16(22-2)15(10-12)20-19-14-8-9-18-11-13(14)5-7-17(21)23-3/h4-11,20H,1-3H3,(H,18,19)/b7-5+. The number of hydrazine groups is 1. The number of nitrogens with one attached hydrogen (secondary N) is 2. The van der Waals surface area contributed by atoms with Gasteiger partial charge >= 0.3 is 5.97 Å². The highest BCUT2D eigenvalue weighted by Crippen LogP contribution is 2.26. The number of hydrogen-bond donors (Lipinski definition) is 2. The molecule has 2 N–H and O–H groups in total. The third-order valence-electron chi connectivity index (χ3n) is 3.14. The van der Waals surface area contributed by atoms with Crippen molar-refractivity contribution in [2.24, 2.45) is 0 Å². The first kappa shape index (κ1) is 16.4. The van der Waals surface area contributed by atoms with Crippen LogP contribution in [-0.2, 0) is 9.53 Å². The molecule has 0 aliphatic heterocycles. The van der Waals surface area contributed by atoms with Gasteiger partial charge in [0, 0.05) is 24.0 Å². The van der Waals surface area contributed by atoms with Crippen LogP contribution in [0.3, 0.4) is 0 Å². The zero-order chi connectivity index (χ0) is 16.7. The van der Waals surface area contributed by atoms with Gasteiger partial charge in [-0.3, -0.25) is 10.4 Å². The summed E-state index contributed by atoms with van der Waals surface area (Å²) < 4.78 is 9.91. The van der Waals surface area contributed by atoms with Crippen molar-refractivity contribution >= 4 is 23.4 Å². The molecular formula is C17H19N3O3. The van der Waals surface area contributed by atoms with E-state index in [0.717, 1.165) is 28.3 Å². The number of rotatable bonds is 6. The number of nitrogens with zero attached hydrogens (tertiary/aromatic N) is 1. The number of methoxy groups -OCH3 is 2. The van der Waals surface area contributed by atoms with E-state index in [-0.39, 0.29) is 0 Å². The van der Waals surface area contributed by atoms with Crippen molar-refractivity contribution in [2.45, 2.75) is 6.92 Å². The van der Waals surface area contributed by atoms with Crippen LogP contribution >= 0.6 is 0 Å². The molecule has 0 radical (unpaired) electrons. The topological polar surface area (TPSA) is 72.5 Å². The highest BCUT2D eigenvalue weighted by molar-refractivity contribution is 5.88. The van der Waals surface area contributed by atoms with Gasteiger partial charge in [0.25, 0.3) is 0 Å². The lowest BCUT2D eigenvalue weighted by atomic mass is 10.2. The number of carbonyl (C=O) groups is 1. The predicted molar refractivity (Wildman–Crippen MR) is 90.3 cm³/mol. The van der Waals surface area contributed by atoms with Gasteiger partial charge in [-0.1, -0.05) is 6.07 Å². The molecule has 120 valence electrons.